The van der Waals surface area contributed by atoms with E-state index in [0.29, 0.717) is 11.9 Å². The molecule has 0 radical (unpaired) electrons. The molecule has 1 aromatic heterocycles. The standard InChI is InChI=1S/C17H14F3NO3/c1-10-5-6-13(11(2)8-10)21-9-12(16(23)17(18,19)20)15(22)14-4-3-7-24-14/h3-9,22H,1-2H3/b15-12-,21-9?. The van der Waals surface area contributed by atoms with Crippen molar-refractivity contribution in [2.75, 3.05) is 0 Å². The Morgan fingerprint density at radius 3 is 2.50 bits per heavy atom. The summed E-state index contributed by atoms with van der Waals surface area (Å²) in [6.45, 7) is 3.60. The average Bonchev–Trinajstić information content (AvgIpc) is 3.02. The van der Waals surface area contributed by atoms with Crippen molar-refractivity contribution in [3.8, 4) is 0 Å². The van der Waals surface area contributed by atoms with Crippen LogP contribution in [0.2, 0.25) is 0 Å². The number of alkyl halides is 3. The molecule has 1 aromatic carbocycles. The Morgan fingerprint density at radius 2 is 1.96 bits per heavy atom. The maximum atomic E-state index is 12.8. The van der Waals surface area contributed by atoms with E-state index in [1.54, 1.807) is 25.1 Å². The maximum Gasteiger partial charge on any atom is 0.455 e. The number of carbonyl (C=O) groups excluding carboxylic acids is 1. The molecule has 0 aliphatic carbocycles. The van der Waals surface area contributed by atoms with Gasteiger partial charge in [0, 0.05) is 6.21 Å². The van der Waals surface area contributed by atoms with Crippen LogP contribution >= 0.6 is 0 Å². The molecule has 0 amide bonds. The quantitative estimate of drug-likeness (QED) is 0.500. The second-order valence-corrected chi connectivity index (χ2v) is 5.11. The van der Waals surface area contributed by atoms with Crippen LogP contribution in [-0.2, 0) is 4.79 Å². The molecule has 0 bridgehead atoms. The number of aryl methyl sites for hydroxylation is 2. The van der Waals surface area contributed by atoms with Crippen molar-refractivity contribution in [1.82, 2.24) is 0 Å². The normalized spacial score (nSPS) is 13.2. The molecule has 1 N–H and O–H groups in total. The van der Waals surface area contributed by atoms with Gasteiger partial charge < -0.3 is 9.52 Å². The van der Waals surface area contributed by atoms with Gasteiger partial charge in [0.25, 0.3) is 5.78 Å². The Morgan fingerprint density at radius 1 is 1.25 bits per heavy atom. The minimum absolute atomic E-state index is 0.255. The number of ketones is 1. The van der Waals surface area contributed by atoms with Crippen LogP contribution in [0, 0.1) is 13.8 Å². The van der Waals surface area contributed by atoms with E-state index in [-0.39, 0.29) is 5.76 Å². The molecule has 2 rings (SSSR count). The van der Waals surface area contributed by atoms with Gasteiger partial charge in [0.05, 0.1) is 17.5 Å². The van der Waals surface area contributed by atoms with Crippen LogP contribution in [0.15, 0.2) is 51.6 Å². The minimum atomic E-state index is -5.15. The number of aliphatic hydroxyl groups is 1. The van der Waals surface area contributed by atoms with Gasteiger partial charge in [-0.1, -0.05) is 17.7 Å². The van der Waals surface area contributed by atoms with Crippen LogP contribution < -0.4 is 0 Å². The fourth-order valence-electron chi connectivity index (χ4n) is 2.01. The second kappa shape index (κ2) is 6.74. The number of rotatable bonds is 4. The Bertz CT molecular complexity index is 803. The van der Waals surface area contributed by atoms with Gasteiger partial charge in [-0.3, -0.25) is 9.79 Å². The summed E-state index contributed by atoms with van der Waals surface area (Å²) >= 11 is 0. The average molecular weight is 337 g/mol. The molecule has 1 heterocycles. The number of carbonyl (C=O) groups is 1. The van der Waals surface area contributed by atoms with E-state index in [1.165, 1.54) is 18.4 Å². The number of hydrogen-bond acceptors (Lipinski definition) is 4. The molecule has 7 heteroatoms. The van der Waals surface area contributed by atoms with Crippen molar-refractivity contribution in [3.05, 3.63) is 59.1 Å². The predicted molar refractivity (Wildman–Crippen MR) is 83.4 cm³/mol. The van der Waals surface area contributed by atoms with E-state index in [9.17, 15) is 23.1 Å². The highest BCUT2D eigenvalue weighted by Gasteiger charge is 2.42. The SMILES string of the molecule is Cc1ccc(N=C/C(C(=O)C(F)(F)F)=C(/O)c2ccco2)c(C)c1. The highest BCUT2D eigenvalue weighted by molar-refractivity contribution is 6.20. The van der Waals surface area contributed by atoms with Gasteiger partial charge in [-0.2, -0.15) is 13.2 Å². The number of furan rings is 1. The summed E-state index contributed by atoms with van der Waals surface area (Å²) < 4.78 is 43.2. The lowest BCUT2D eigenvalue weighted by atomic mass is 10.1. The first-order valence-corrected chi connectivity index (χ1v) is 6.90. The number of aliphatic imine (C=N–C) groups is 1. The van der Waals surface area contributed by atoms with Gasteiger partial charge in [-0.25, -0.2) is 0 Å². The molecule has 0 saturated carbocycles. The Balaban J connectivity index is 2.49. The highest BCUT2D eigenvalue weighted by Crippen LogP contribution is 2.26. The Kier molecular flexibility index (Phi) is 4.92. The van der Waals surface area contributed by atoms with Crippen LogP contribution in [0.5, 0.6) is 0 Å². The van der Waals surface area contributed by atoms with E-state index >= 15 is 0 Å². The summed E-state index contributed by atoms with van der Waals surface area (Å²) in [6.07, 6.45) is -3.28. The van der Waals surface area contributed by atoms with Crippen molar-refractivity contribution >= 4 is 23.4 Å². The van der Waals surface area contributed by atoms with E-state index in [4.69, 9.17) is 4.42 Å². The van der Waals surface area contributed by atoms with Crippen LogP contribution in [0.4, 0.5) is 18.9 Å². The molecule has 0 fully saturated rings. The molecule has 0 atom stereocenters. The molecule has 24 heavy (non-hydrogen) atoms. The predicted octanol–water partition coefficient (Wildman–Crippen LogP) is 4.70. The Labute approximate surface area is 135 Å². The molecule has 4 nitrogen and oxygen atoms in total. The first-order valence-electron chi connectivity index (χ1n) is 6.90. The summed E-state index contributed by atoms with van der Waals surface area (Å²) in [4.78, 5) is 15.5. The van der Waals surface area contributed by atoms with Gasteiger partial charge in [0.15, 0.2) is 11.5 Å². The van der Waals surface area contributed by atoms with Crippen molar-refractivity contribution in [2.24, 2.45) is 4.99 Å². The minimum Gasteiger partial charge on any atom is -0.504 e. The van der Waals surface area contributed by atoms with Crippen molar-refractivity contribution in [2.45, 2.75) is 20.0 Å². The van der Waals surface area contributed by atoms with Crippen LogP contribution in [-0.4, -0.2) is 23.3 Å². The zero-order valence-electron chi connectivity index (χ0n) is 12.9. The number of hydrogen-bond donors (Lipinski definition) is 1. The number of halogens is 3. The lowest BCUT2D eigenvalue weighted by Crippen LogP contribution is -2.26. The largest absolute Gasteiger partial charge is 0.504 e. The topological polar surface area (TPSA) is 62.8 Å². The zero-order chi connectivity index (χ0) is 17.9. The maximum absolute atomic E-state index is 12.8. The van der Waals surface area contributed by atoms with Gasteiger partial charge in [0.1, 0.15) is 0 Å². The monoisotopic (exact) mass is 337 g/mol. The third-order valence-electron chi connectivity index (χ3n) is 3.20. The second-order valence-electron chi connectivity index (χ2n) is 5.11. The number of allylic oxidation sites excluding steroid dienone is 1. The first-order chi connectivity index (χ1) is 11.2. The van der Waals surface area contributed by atoms with Gasteiger partial charge in [-0.05, 0) is 37.6 Å². The van der Waals surface area contributed by atoms with Gasteiger partial charge in [-0.15, -0.1) is 0 Å². The summed E-state index contributed by atoms with van der Waals surface area (Å²) in [5.41, 5.74) is 1.09. The smallest absolute Gasteiger partial charge is 0.455 e. The van der Waals surface area contributed by atoms with Gasteiger partial charge >= 0.3 is 6.18 Å². The summed E-state index contributed by atoms with van der Waals surface area (Å²) in [5.74, 6) is -3.38. The molecule has 0 aliphatic heterocycles. The van der Waals surface area contributed by atoms with Crippen molar-refractivity contribution in [3.63, 3.8) is 0 Å². The lowest BCUT2D eigenvalue weighted by molar-refractivity contribution is -0.165. The number of aliphatic hydroxyl groups excluding tert-OH is 1. The fraction of sp³-hybridized carbons (Fsp3) is 0.176. The lowest BCUT2D eigenvalue weighted by Gasteiger charge is -2.08. The van der Waals surface area contributed by atoms with Crippen LogP contribution in [0.25, 0.3) is 5.76 Å². The van der Waals surface area contributed by atoms with E-state index in [2.05, 4.69) is 4.99 Å². The molecule has 2 aromatic rings. The van der Waals surface area contributed by atoms with Gasteiger partial charge in [0.2, 0.25) is 0 Å². The third-order valence-corrected chi connectivity index (χ3v) is 3.20. The van der Waals surface area contributed by atoms with Crippen molar-refractivity contribution < 1.29 is 27.5 Å². The Hall–Kier alpha value is -2.83. The number of benzene rings is 1. The van der Waals surface area contributed by atoms with Crippen LogP contribution in [0.1, 0.15) is 16.9 Å². The molecule has 0 aliphatic rings. The van der Waals surface area contributed by atoms with Crippen molar-refractivity contribution in [1.29, 1.82) is 0 Å². The molecule has 126 valence electrons. The molecule has 0 saturated heterocycles. The van der Waals surface area contributed by atoms with E-state index < -0.39 is 23.3 Å². The van der Waals surface area contributed by atoms with E-state index in [0.717, 1.165) is 11.1 Å². The molecule has 0 unspecified atom stereocenters. The summed E-state index contributed by atoms with van der Waals surface area (Å²) in [5, 5.41) is 9.97. The molecular weight excluding hydrogens is 323 g/mol. The van der Waals surface area contributed by atoms with E-state index in [1.807, 2.05) is 6.92 Å². The summed E-state index contributed by atoms with van der Waals surface area (Å²) in [6, 6.07) is 7.77. The summed E-state index contributed by atoms with van der Waals surface area (Å²) in [7, 11) is 0. The molecule has 0 spiro atoms. The molecular formula is C17H14F3NO3. The fourth-order valence-corrected chi connectivity index (χ4v) is 2.01. The number of Topliss-reactive ketones (excluding diaryl/α,β-unsaturated/α-hetero) is 1. The van der Waals surface area contributed by atoms with Crippen LogP contribution in [0.3, 0.4) is 0 Å². The zero-order valence-corrected chi connectivity index (χ0v) is 12.9. The number of nitrogens with zero attached hydrogens (tertiary/aromatic N) is 1. The third kappa shape index (κ3) is 3.92. The highest BCUT2D eigenvalue weighted by atomic mass is 19.4. The first kappa shape index (κ1) is 17.5.